The van der Waals surface area contributed by atoms with E-state index < -0.39 is 60.0 Å². The normalized spacial score (nSPS) is 17.7. The van der Waals surface area contributed by atoms with Gasteiger partial charge in [0.25, 0.3) is 0 Å². The van der Waals surface area contributed by atoms with E-state index in [2.05, 4.69) is 0 Å². The topological polar surface area (TPSA) is 154 Å². The van der Waals surface area contributed by atoms with E-state index in [9.17, 15) is 24.8 Å². The van der Waals surface area contributed by atoms with Crippen LogP contribution in [0.25, 0.3) is 0 Å². The van der Waals surface area contributed by atoms with Crippen LogP contribution in [0, 0.1) is 10.1 Å². The number of nitro benzene ring substituents is 1. The van der Waals surface area contributed by atoms with Gasteiger partial charge in [-0.2, -0.15) is 0 Å². The Morgan fingerprint density at radius 2 is 1.34 bits per heavy atom. The summed E-state index contributed by atoms with van der Waals surface area (Å²) in [7, 11) is 3.20. The Kier molecular flexibility index (Phi) is 13.2. The summed E-state index contributed by atoms with van der Waals surface area (Å²) in [6.45, 7) is -0.216. The predicted octanol–water partition coefficient (Wildman–Crippen LogP) is 6.07. The van der Waals surface area contributed by atoms with Crippen molar-refractivity contribution < 1.29 is 33.7 Å². The number of aromatic nitrogens is 2. The van der Waals surface area contributed by atoms with Gasteiger partial charge < -0.3 is 0 Å². The number of hydrogen-bond acceptors (Lipinski definition) is 10. The third kappa shape index (κ3) is 9.08. The molecule has 2 heterocycles. The molecule has 1 aliphatic rings. The summed E-state index contributed by atoms with van der Waals surface area (Å²) in [6.07, 6.45) is -1.64. The average Bonchev–Trinajstić information content (AvgIpc) is 3.59. The van der Waals surface area contributed by atoms with Crippen LogP contribution in [0.15, 0.2) is 155 Å². The third-order valence-corrected chi connectivity index (χ3v) is 13.2. The molecule has 0 aliphatic carbocycles. The maximum absolute atomic E-state index is 14.1. The van der Waals surface area contributed by atoms with Crippen LogP contribution in [-0.4, -0.2) is 67.2 Å². The monoisotopic (exact) mass is 865 g/mol. The Labute approximate surface area is 346 Å². The number of nitro groups is 1. The molecule has 4 atom stereocenters. The van der Waals surface area contributed by atoms with Gasteiger partial charge in [0, 0.05) is 0 Å². The van der Waals surface area contributed by atoms with Crippen LogP contribution < -0.4 is 20.7 Å². The fraction of sp³-hybridized carbons (Fsp3) is 0.244. The second kappa shape index (κ2) is 18.8. The second-order valence-electron chi connectivity index (χ2n) is 13.8. The summed E-state index contributed by atoms with van der Waals surface area (Å²) >= 11 is -0.415. The van der Waals surface area contributed by atoms with Crippen LogP contribution in [0.1, 0.15) is 34.0 Å². The molecule has 6 aromatic rings. The molecule has 0 saturated carbocycles. The molecule has 0 unspecified atom stereocenters. The molecule has 59 heavy (non-hydrogen) atoms. The molecule has 5 aromatic carbocycles. The van der Waals surface area contributed by atoms with Gasteiger partial charge in [-0.05, 0) is 0 Å². The molecule has 304 valence electrons. The zero-order chi connectivity index (χ0) is 41.4. The molecule has 1 saturated heterocycles. The number of nitrogens with zero attached hydrogens (tertiary/aromatic N) is 3. The minimum atomic E-state index is -1.21. The van der Waals surface area contributed by atoms with E-state index in [1.807, 2.05) is 109 Å². The van der Waals surface area contributed by atoms with Gasteiger partial charge in [0.05, 0.1) is 0 Å². The van der Waals surface area contributed by atoms with Crippen LogP contribution in [0.5, 0.6) is 11.5 Å². The number of hydrogen-bond donors (Lipinski definition) is 1. The second-order valence-corrected chi connectivity index (χ2v) is 16.3. The van der Waals surface area contributed by atoms with Crippen LogP contribution in [0.2, 0.25) is 4.82 Å². The number of non-ortho nitro benzene ring substituents is 1. The van der Waals surface area contributed by atoms with Gasteiger partial charge in [-0.1, -0.05) is 0 Å². The Balaban J connectivity index is 1.24. The zero-order valence-corrected chi connectivity index (χ0v) is 34.1. The van der Waals surface area contributed by atoms with Gasteiger partial charge in [-0.25, -0.2) is 0 Å². The molecule has 14 heteroatoms. The first-order valence-corrected chi connectivity index (χ1v) is 21.0. The number of methoxy groups -OCH3 is 2. The van der Waals surface area contributed by atoms with Gasteiger partial charge in [0.15, 0.2) is 0 Å². The molecular weight excluding hydrogens is 821 g/mol. The van der Waals surface area contributed by atoms with Gasteiger partial charge in [0.1, 0.15) is 0 Å². The van der Waals surface area contributed by atoms with E-state index in [0.717, 1.165) is 32.4 Å². The molecular formula is C45H43N3O10Se. The summed E-state index contributed by atoms with van der Waals surface area (Å²) < 4.78 is 32.9. The van der Waals surface area contributed by atoms with E-state index in [-0.39, 0.29) is 25.6 Å². The van der Waals surface area contributed by atoms with Crippen molar-refractivity contribution in [3.63, 3.8) is 0 Å². The molecule has 1 aromatic heterocycles. The summed E-state index contributed by atoms with van der Waals surface area (Å²) in [5.74, 6) is 1.33. The molecule has 13 nitrogen and oxygen atoms in total. The van der Waals surface area contributed by atoms with Crippen molar-refractivity contribution in [2.75, 3.05) is 20.8 Å². The first-order valence-electron chi connectivity index (χ1n) is 18.8. The number of aliphatic hydroxyl groups excluding tert-OH is 1. The van der Waals surface area contributed by atoms with Gasteiger partial charge in [-0.3, -0.25) is 0 Å². The summed E-state index contributed by atoms with van der Waals surface area (Å²) in [5, 5.41) is 24.0. The summed E-state index contributed by atoms with van der Waals surface area (Å²) in [4.78, 5) is 37.4. The standard InChI is InChI=1S/C45H43N3O10Se/c1-54-37-21-15-34(16-22-37)45(33-11-7-4-8-12-33,35-17-23-38(55-2)24-18-35)57-28-39-41(50)42(59-29-32-13-19-36(20-14-32)48(52)53)43(58-39)46-26-25-40(49)47(44(46)51)30-56-27-31-9-5-3-6-10-31/h3-26,39,41-43,50H,27-30H2,1-2H3/t39-,41-,42-,43-/m1/s1. The molecule has 0 radical (unpaired) electrons. The molecule has 0 bridgehead atoms. The number of benzene rings is 5. The molecule has 0 spiro atoms. The van der Waals surface area contributed by atoms with Crippen molar-refractivity contribution in [3.05, 3.63) is 204 Å². The first-order chi connectivity index (χ1) is 28.7. The van der Waals surface area contributed by atoms with Crippen molar-refractivity contribution in [2.45, 2.75) is 47.5 Å². The molecule has 1 N–H and O–H groups in total. The Bertz CT molecular complexity index is 2380. The van der Waals surface area contributed by atoms with Crippen molar-refractivity contribution in [3.8, 4) is 11.5 Å². The van der Waals surface area contributed by atoms with E-state index >= 15 is 0 Å². The van der Waals surface area contributed by atoms with Crippen LogP contribution >= 0.6 is 0 Å². The molecule has 1 fully saturated rings. The van der Waals surface area contributed by atoms with Crippen LogP contribution in [-0.2, 0) is 38.5 Å². The Morgan fingerprint density at radius 1 is 0.763 bits per heavy atom. The quantitative estimate of drug-likeness (QED) is 0.0495. The van der Waals surface area contributed by atoms with Crippen LogP contribution in [0.4, 0.5) is 5.69 Å². The van der Waals surface area contributed by atoms with Gasteiger partial charge >= 0.3 is 348 Å². The van der Waals surface area contributed by atoms with Crippen molar-refractivity contribution in [2.24, 2.45) is 0 Å². The number of aliphatic hydroxyl groups is 1. The number of ether oxygens (including phenoxy) is 5. The van der Waals surface area contributed by atoms with Crippen molar-refractivity contribution in [1.82, 2.24) is 9.13 Å². The third-order valence-electron chi connectivity index (χ3n) is 10.2. The summed E-state index contributed by atoms with van der Waals surface area (Å²) in [5.41, 5.74) is 1.67. The average molecular weight is 865 g/mol. The van der Waals surface area contributed by atoms with Crippen molar-refractivity contribution >= 4 is 20.6 Å². The van der Waals surface area contributed by atoms with Crippen LogP contribution in [0.3, 0.4) is 0 Å². The Hall–Kier alpha value is -5.86. The Morgan fingerprint density at radius 3 is 1.92 bits per heavy atom. The first kappa shape index (κ1) is 41.3. The molecule has 1 aliphatic heterocycles. The predicted molar refractivity (Wildman–Crippen MR) is 221 cm³/mol. The zero-order valence-electron chi connectivity index (χ0n) is 32.4. The molecule has 7 rings (SSSR count). The SMILES string of the molecule is COc1ccc(C(OC[C@H]2O[C@@H](n3ccc(=O)n(COCc4ccccc4)c3=O)[C@H]([Se]Cc3ccc([N+](=O)[O-])cc3)[C@@H]2O)(c2ccccc2)c2ccc(OC)cc2)cc1. The van der Waals surface area contributed by atoms with E-state index in [4.69, 9.17) is 23.7 Å². The van der Waals surface area contributed by atoms with E-state index in [1.165, 1.54) is 29.0 Å². The maximum atomic E-state index is 14.1. The minimum absolute atomic E-state index is 0.0283. The van der Waals surface area contributed by atoms with E-state index in [1.54, 1.807) is 26.4 Å². The number of rotatable bonds is 17. The van der Waals surface area contributed by atoms with Gasteiger partial charge in [0.2, 0.25) is 0 Å². The van der Waals surface area contributed by atoms with Crippen molar-refractivity contribution in [1.29, 1.82) is 0 Å². The summed E-state index contributed by atoms with van der Waals surface area (Å²) in [6, 6.07) is 41.8. The fourth-order valence-electron chi connectivity index (χ4n) is 7.12. The van der Waals surface area contributed by atoms with E-state index in [0.29, 0.717) is 16.8 Å². The fourth-order valence-corrected chi connectivity index (χ4v) is 9.87. The molecule has 0 amide bonds. The van der Waals surface area contributed by atoms with Gasteiger partial charge in [-0.15, -0.1) is 0 Å².